The zero-order valence-electron chi connectivity index (χ0n) is 21.2. The zero-order valence-corrected chi connectivity index (χ0v) is 24.3. The van der Waals surface area contributed by atoms with Crippen LogP contribution in [0, 0.1) is 24.7 Å². The van der Waals surface area contributed by atoms with Crippen molar-refractivity contribution >= 4 is 11.7 Å². The van der Waals surface area contributed by atoms with Gasteiger partial charge in [-0.1, -0.05) is 25.5 Å². The van der Waals surface area contributed by atoms with Crippen LogP contribution in [0.2, 0.25) is 0 Å². The Morgan fingerprint density at radius 3 is 2.41 bits per heavy atom. The van der Waals surface area contributed by atoms with Gasteiger partial charge in [0.05, 0.1) is 18.8 Å². The van der Waals surface area contributed by atoms with E-state index < -0.39 is 0 Å². The van der Waals surface area contributed by atoms with Crippen LogP contribution in [0.1, 0.15) is 56.7 Å². The number of methoxy groups -OCH3 is 1. The summed E-state index contributed by atoms with van der Waals surface area (Å²) < 4.78 is 7.21. The van der Waals surface area contributed by atoms with Crippen LogP contribution in [-0.4, -0.2) is 58.9 Å². The molecule has 34 heavy (non-hydrogen) atoms. The minimum absolute atomic E-state index is 0. The molecule has 0 aliphatic carbocycles. The van der Waals surface area contributed by atoms with E-state index in [9.17, 15) is 4.79 Å². The fraction of sp³-hybridized carbons (Fsp3) is 0.538. The first-order valence-corrected chi connectivity index (χ1v) is 12.0. The molecule has 2 saturated heterocycles. The van der Waals surface area contributed by atoms with Crippen molar-refractivity contribution in [3.8, 4) is 11.8 Å². The molecule has 0 unspecified atom stereocenters. The normalized spacial score (nSPS) is 16.6. The molecular weight excluding hydrogens is 453 g/mol. The Balaban J connectivity index is 0.00000133. The van der Waals surface area contributed by atoms with Gasteiger partial charge in [0.15, 0.2) is 0 Å². The van der Waals surface area contributed by atoms with Crippen LogP contribution in [0.3, 0.4) is 0 Å². The molecule has 0 aromatic carbocycles. The van der Waals surface area contributed by atoms with Crippen LogP contribution in [0.25, 0.3) is 0 Å². The molecule has 4 heterocycles. The maximum atomic E-state index is 13.1. The van der Waals surface area contributed by atoms with Crippen molar-refractivity contribution in [2.45, 2.75) is 52.2 Å². The van der Waals surface area contributed by atoms with Crippen LogP contribution in [0.15, 0.2) is 30.7 Å². The Morgan fingerprint density at radius 1 is 1.12 bits per heavy atom. The molecule has 0 radical (unpaired) electrons. The average Bonchev–Trinajstić information content (AvgIpc) is 3.35. The number of carbonyl (C=O) groups excluding carboxylic acids is 1. The third-order valence-corrected chi connectivity index (χ3v) is 6.27. The van der Waals surface area contributed by atoms with E-state index in [-0.39, 0.29) is 57.3 Å². The minimum atomic E-state index is 0. The van der Waals surface area contributed by atoms with E-state index in [0.29, 0.717) is 18.6 Å². The molecule has 7 nitrogen and oxygen atoms in total. The maximum absolute atomic E-state index is 13.1. The predicted octanol–water partition coefficient (Wildman–Crippen LogP) is 0.720. The van der Waals surface area contributed by atoms with Crippen molar-refractivity contribution in [1.82, 2.24) is 19.7 Å². The number of anilines is 1. The number of piperidine rings is 2. The molecular formula is C26H36KN5O2. The van der Waals surface area contributed by atoms with Gasteiger partial charge in [-0.25, -0.2) is 4.98 Å². The second-order valence-corrected chi connectivity index (χ2v) is 8.29. The van der Waals surface area contributed by atoms with Gasteiger partial charge >= 0.3 is 51.4 Å². The Bertz CT molecular complexity index is 934. The van der Waals surface area contributed by atoms with Crippen LogP contribution in [-0.2, 0) is 16.1 Å². The van der Waals surface area contributed by atoms with Crippen molar-refractivity contribution in [3.05, 3.63) is 48.8 Å². The number of rotatable bonds is 5. The van der Waals surface area contributed by atoms with Crippen molar-refractivity contribution in [2.24, 2.45) is 5.92 Å². The molecule has 2 aliphatic rings. The molecule has 4 rings (SSSR count). The van der Waals surface area contributed by atoms with Gasteiger partial charge in [-0.3, -0.25) is 21.3 Å². The molecule has 2 aromatic heterocycles. The largest absolute Gasteiger partial charge is 1.00 e. The van der Waals surface area contributed by atoms with E-state index in [1.165, 1.54) is 0 Å². The molecule has 0 spiro atoms. The number of carbonyl (C=O) groups is 1. The fourth-order valence-electron chi connectivity index (χ4n) is 4.53. The summed E-state index contributed by atoms with van der Waals surface area (Å²) in [4.78, 5) is 21.9. The summed E-state index contributed by atoms with van der Waals surface area (Å²) in [6.07, 6.45) is 9.36. The number of pyridine rings is 1. The van der Waals surface area contributed by atoms with Crippen molar-refractivity contribution in [3.63, 3.8) is 0 Å². The molecule has 2 aromatic rings. The zero-order chi connectivity index (χ0) is 23.6. The molecule has 0 saturated carbocycles. The number of ether oxygens (including phenoxy) is 1. The van der Waals surface area contributed by atoms with E-state index in [4.69, 9.17) is 4.74 Å². The predicted molar refractivity (Wildman–Crippen MR) is 131 cm³/mol. The summed E-state index contributed by atoms with van der Waals surface area (Å²) in [7, 11) is 1.69. The Kier molecular flexibility index (Phi) is 12.7. The quantitative estimate of drug-likeness (QED) is 0.352. The fourth-order valence-corrected chi connectivity index (χ4v) is 4.53. The second kappa shape index (κ2) is 14.9. The van der Waals surface area contributed by atoms with Crippen LogP contribution >= 0.6 is 0 Å². The third kappa shape index (κ3) is 7.58. The Labute approximate surface area is 247 Å². The molecule has 0 N–H and O–H groups in total. The van der Waals surface area contributed by atoms with Gasteiger partial charge in [0, 0.05) is 57.2 Å². The van der Waals surface area contributed by atoms with Gasteiger partial charge < -0.3 is 14.5 Å². The van der Waals surface area contributed by atoms with Gasteiger partial charge in [-0.2, -0.15) is 12.0 Å². The first kappa shape index (κ1) is 28.9. The molecule has 2 fully saturated rings. The third-order valence-electron chi connectivity index (χ3n) is 6.27. The summed E-state index contributed by atoms with van der Waals surface area (Å²) in [6, 6.07) is 4.33. The van der Waals surface area contributed by atoms with Crippen LogP contribution in [0.5, 0.6) is 0 Å². The molecule has 0 bridgehead atoms. The van der Waals surface area contributed by atoms with Crippen LogP contribution in [0.4, 0.5) is 5.82 Å². The van der Waals surface area contributed by atoms with Gasteiger partial charge in [-0.05, 0) is 31.7 Å². The Hall–Kier alpha value is -1.34. The Morgan fingerprint density at radius 2 is 1.82 bits per heavy atom. The van der Waals surface area contributed by atoms with Crippen molar-refractivity contribution < 1.29 is 60.9 Å². The molecule has 0 atom stereocenters. The molecule has 178 valence electrons. The van der Waals surface area contributed by atoms with Crippen molar-refractivity contribution in [1.29, 1.82) is 0 Å². The number of amides is 1. The second-order valence-electron chi connectivity index (χ2n) is 8.29. The van der Waals surface area contributed by atoms with Gasteiger partial charge in [0.2, 0.25) is 5.91 Å². The summed E-state index contributed by atoms with van der Waals surface area (Å²) in [6.45, 7) is 11.4. The smallest absolute Gasteiger partial charge is 0.380 e. The SMILES string of the molecule is CC.[CH2-]C#Cc1ccc(N2CCC(C(=O)N3CCC(n4cc(COC)cn4)CC3)CC2)nc1.[K+]. The summed E-state index contributed by atoms with van der Waals surface area (Å²) in [5.41, 5.74) is 1.96. The monoisotopic (exact) mass is 489 g/mol. The summed E-state index contributed by atoms with van der Waals surface area (Å²) >= 11 is 0. The number of nitrogens with zero attached hydrogens (tertiary/aromatic N) is 5. The summed E-state index contributed by atoms with van der Waals surface area (Å²) in [5, 5.41) is 4.48. The van der Waals surface area contributed by atoms with E-state index in [0.717, 1.165) is 68.8 Å². The van der Waals surface area contributed by atoms with E-state index in [2.05, 4.69) is 44.8 Å². The van der Waals surface area contributed by atoms with E-state index in [1.807, 2.05) is 36.9 Å². The van der Waals surface area contributed by atoms with Crippen LogP contribution < -0.4 is 56.3 Å². The summed E-state index contributed by atoms with van der Waals surface area (Å²) in [5.74, 6) is 6.94. The number of likely N-dealkylation sites (tertiary alicyclic amines) is 1. The maximum Gasteiger partial charge on any atom is 1.00 e. The number of hydrogen-bond donors (Lipinski definition) is 0. The average molecular weight is 490 g/mol. The number of hydrogen-bond acceptors (Lipinski definition) is 5. The van der Waals surface area contributed by atoms with E-state index in [1.54, 1.807) is 13.3 Å². The first-order valence-electron chi connectivity index (χ1n) is 12.0. The standard InChI is InChI=1S/C24H30N5O2.C2H6.K/c1-3-4-19-5-6-23(25-15-19)27-11-7-21(8-12-27)24(30)28-13-9-22(10-14-28)29-17-20(16-26-29)18-31-2;1-2;/h5-6,15-17,21-22H,1,7-14,18H2,2H3;1-2H3;/q-1;;+1. The topological polar surface area (TPSA) is 63.5 Å². The van der Waals surface area contributed by atoms with Crippen molar-refractivity contribution in [2.75, 3.05) is 38.2 Å². The number of aromatic nitrogens is 3. The van der Waals surface area contributed by atoms with Gasteiger partial charge in [-0.15, -0.1) is 0 Å². The molecule has 1 amide bonds. The molecule has 8 heteroatoms. The van der Waals surface area contributed by atoms with Gasteiger partial charge in [0.1, 0.15) is 5.82 Å². The van der Waals surface area contributed by atoms with E-state index >= 15 is 0 Å². The van der Waals surface area contributed by atoms with Gasteiger partial charge in [0.25, 0.3) is 0 Å². The molecule has 2 aliphatic heterocycles. The first-order chi connectivity index (χ1) is 16.2. The minimum Gasteiger partial charge on any atom is -0.380 e.